The van der Waals surface area contributed by atoms with E-state index in [9.17, 15) is 0 Å². The molecule has 0 N–H and O–H groups in total. The van der Waals surface area contributed by atoms with Gasteiger partial charge in [0.25, 0.3) is 0 Å². The van der Waals surface area contributed by atoms with Crippen molar-refractivity contribution >= 4 is 6.66 Å². The maximum Gasteiger partial charge on any atom is 0.119 e. The van der Waals surface area contributed by atoms with Gasteiger partial charge in [0.05, 0.1) is 7.11 Å². The first kappa shape index (κ1) is 25.7. The zero-order valence-electron chi connectivity index (χ0n) is 19.5. The largest absolute Gasteiger partial charge is 0.497 e. The molecule has 0 spiro atoms. The Labute approximate surface area is 188 Å². The fourth-order valence-corrected chi connectivity index (χ4v) is 8.96. The molecule has 0 bridgehead atoms. The molecule has 0 aliphatic heterocycles. The van der Waals surface area contributed by atoms with E-state index in [0.717, 1.165) is 11.5 Å². The Hall–Kier alpha value is -1.29. The van der Waals surface area contributed by atoms with Crippen molar-refractivity contribution < 1.29 is 27.9 Å². The zero-order chi connectivity index (χ0) is 21.9. The minimum absolute atomic E-state index is 0.0432. The van der Waals surface area contributed by atoms with E-state index in [1.54, 1.807) is 12.7 Å². The second-order valence-electron chi connectivity index (χ2n) is 8.48. The quantitative estimate of drug-likeness (QED) is 0.258. The van der Waals surface area contributed by atoms with Gasteiger partial charge in [0.2, 0.25) is 0 Å². The maximum absolute atomic E-state index is 5.83. The first-order chi connectivity index (χ1) is 13.7. The standard InChI is InChI=1S/C17H24O2.C6H7.C2H7Si.Ti/c1-6-15(18-5)12-14(17(2,3)4)13-19-16-10-8-7-9-11-16;1-6-4-2-3-5-6;1-3-2;/h6-12H,13H2,1-5H3;2,4H,3H2,1H3;3H,1-2H3;. The molecule has 0 radical (unpaired) electrons. The maximum atomic E-state index is 5.83. The Kier molecular flexibility index (Phi) is 11.6. The summed E-state index contributed by atoms with van der Waals surface area (Å²) in [6.07, 6.45) is 9.90. The summed E-state index contributed by atoms with van der Waals surface area (Å²) in [7, 11) is 1.68. The van der Waals surface area contributed by atoms with Crippen molar-refractivity contribution in [2.75, 3.05) is 13.7 Å². The molecule has 1 aromatic carbocycles. The molecule has 0 saturated heterocycles. The van der Waals surface area contributed by atoms with Crippen molar-refractivity contribution in [2.45, 2.75) is 54.1 Å². The van der Waals surface area contributed by atoms with Gasteiger partial charge in [-0.05, 0) is 42.2 Å². The topological polar surface area (TPSA) is 18.5 Å². The smallest absolute Gasteiger partial charge is 0.119 e. The number of benzene rings is 1. The second kappa shape index (κ2) is 13.1. The third kappa shape index (κ3) is 10.3. The van der Waals surface area contributed by atoms with E-state index in [-0.39, 0.29) is 12.1 Å². The molecule has 0 heterocycles. The van der Waals surface area contributed by atoms with E-state index in [1.807, 2.05) is 47.2 Å². The van der Waals surface area contributed by atoms with E-state index in [1.165, 1.54) is 12.0 Å². The number of rotatable bonds is 7. The normalized spacial score (nSPS) is 14.7. The van der Waals surface area contributed by atoms with Gasteiger partial charge in [-0.15, -0.1) is 0 Å². The van der Waals surface area contributed by atoms with E-state index in [2.05, 4.69) is 59.0 Å². The van der Waals surface area contributed by atoms with Gasteiger partial charge >= 0.3 is 73.1 Å². The molecular formula is C25H38O2SiTi. The summed E-state index contributed by atoms with van der Waals surface area (Å²) >= 11 is 0.350. The average molecular weight is 447 g/mol. The Balaban J connectivity index is 0.000000352. The number of hydrogen-bond donors (Lipinski definition) is 0. The van der Waals surface area contributed by atoms with Crippen molar-refractivity contribution in [1.29, 1.82) is 0 Å². The fourth-order valence-electron chi connectivity index (χ4n) is 2.72. The number of ether oxygens (including phenoxy) is 2. The minimum atomic E-state index is -0.235. The molecule has 29 heavy (non-hydrogen) atoms. The summed E-state index contributed by atoms with van der Waals surface area (Å²) in [4.78, 5) is 0. The molecule has 4 heteroatoms. The van der Waals surface area contributed by atoms with Crippen molar-refractivity contribution in [3.05, 3.63) is 75.4 Å². The van der Waals surface area contributed by atoms with Gasteiger partial charge in [-0.3, -0.25) is 0 Å². The van der Waals surface area contributed by atoms with Gasteiger partial charge in [0.1, 0.15) is 18.1 Å². The molecule has 1 aliphatic carbocycles. The van der Waals surface area contributed by atoms with Crippen LogP contribution in [0.1, 0.15) is 41.0 Å². The molecule has 1 aliphatic rings. The van der Waals surface area contributed by atoms with Crippen LogP contribution in [0.3, 0.4) is 0 Å². The number of allylic oxidation sites excluding steroid dienone is 6. The van der Waals surface area contributed by atoms with Crippen LogP contribution < -0.4 is 4.74 Å². The van der Waals surface area contributed by atoms with Crippen LogP contribution in [-0.2, 0) is 23.1 Å². The number of hydrogen-bond acceptors (Lipinski definition) is 2. The Bertz CT molecular complexity index is 738. The van der Waals surface area contributed by atoms with Crippen LogP contribution in [0.5, 0.6) is 5.75 Å². The van der Waals surface area contributed by atoms with Gasteiger partial charge in [0.15, 0.2) is 0 Å². The van der Waals surface area contributed by atoms with Gasteiger partial charge in [0, 0.05) is 0 Å². The first-order valence-corrected chi connectivity index (χ1v) is 16.8. The van der Waals surface area contributed by atoms with E-state index in [4.69, 9.17) is 9.47 Å². The van der Waals surface area contributed by atoms with Crippen LogP contribution in [0.4, 0.5) is 0 Å². The van der Waals surface area contributed by atoms with Crippen LogP contribution >= 0.6 is 0 Å². The SMILES string of the molecule is CC1=[C]([Ti][SiH](C)C)CC=C1.CC=C(C=C(COc1ccccc1)C(C)(C)C)OC. The molecule has 0 amide bonds. The average Bonchev–Trinajstić information content (AvgIpc) is 3.06. The first-order valence-electron chi connectivity index (χ1n) is 10.4. The predicted octanol–water partition coefficient (Wildman–Crippen LogP) is 6.87. The number of methoxy groups -OCH3 is 1. The summed E-state index contributed by atoms with van der Waals surface area (Å²) in [6, 6.07) is 9.86. The summed E-state index contributed by atoms with van der Waals surface area (Å²) < 4.78 is 13.0. The molecule has 158 valence electrons. The van der Waals surface area contributed by atoms with Crippen molar-refractivity contribution in [3.8, 4) is 5.75 Å². The zero-order valence-corrected chi connectivity index (χ0v) is 22.2. The predicted molar refractivity (Wildman–Crippen MR) is 126 cm³/mol. The van der Waals surface area contributed by atoms with Crippen LogP contribution in [0.2, 0.25) is 13.1 Å². The Morgan fingerprint density at radius 2 is 1.83 bits per heavy atom. The molecule has 0 unspecified atom stereocenters. The molecule has 2 rings (SSSR count). The van der Waals surface area contributed by atoms with Crippen molar-refractivity contribution in [2.24, 2.45) is 5.41 Å². The summed E-state index contributed by atoms with van der Waals surface area (Å²) in [6.45, 7) is 16.0. The van der Waals surface area contributed by atoms with E-state index >= 15 is 0 Å². The van der Waals surface area contributed by atoms with Crippen LogP contribution in [-0.4, -0.2) is 20.4 Å². The third-order valence-corrected chi connectivity index (χ3v) is 10.8. The van der Waals surface area contributed by atoms with Crippen LogP contribution in [0, 0.1) is 5.41 Å². The van der Waals surface area contributed by atoms with Crippen LogP contribution in [0.15, 0.2) is 75.4 Å². The third-order valence-electron chi connectivity index (χ3n) is 4.57. The molecule has 0 atom stereocenters. The molecule has 0 saturated carbocycles. The molecule has 0 aromatic heterocycles. The Morgan fingerprint density at radius 3 is 2.28 bits per heavy atom. The van der Waals surface area contributed by atoms with Crippen molar-refractivity contribution in [3.63, 3.8) is 0 Å². The summed E-state index contributed by atoms with van der Waals surface area (Å²) in [5.41, 5.74) is 2.83. The molecular weight excluding hydrogens is 408 g/mol. The van der Waals surface area contributed by atoms with Gasteiger partial charge in [-0.1, -0.05) is 39.0 Å². The molecule has 1 aromatic rings. The van der Waals surface area contributed by atoms with Crippen molar-refractivity contribution in [1.82, 2.24) is 0 Å². The molecule has 2 nitrogen and oxygen atoms in total. The molecule has 0 fully saturated rings. The van der Waals surface area contributed by atoms with Gasteiger partial charge < -0.3 is 9.47 Å². The summed E-state index contributed by atoms with van der Waals surface area (Å²) in [5, 5.41) is 0. The van der Waals surface area contributed by atoms with Crippen LogP contribution in [0.25, 0.3) is 0 Å². The summed E-state index contributed by atoms with van der Waals surface area (Å²) in [5.74, 6) is 1.75. The minimum Gasteiger partial charge on any atom is -0.497 e. The van der Waals surface area contributed by atoms with Gasteiger partial charge in [-0.2, -0.15) is 0 Å². The Morgan fingerprint density at radius 1 is 1.17 bits per heavy atom. The second-order valence-corrected chi connectivity index (χ2v) is 18.8. The number of para-hydroxylation sites is 1. The van der Waals surface area contributed by atoms with E-state index in [0.29, 0.717) is 25.0 Å². The van der Waals surface area contributed by atoms with E-state index < -0.39 is 0 Å². The van der Waals surface area contributed by atoms with Gasteiger partial charge in [-0.25, -0.2) is 0 Å². The fraction of sp³-hybridized carbons (Fsp3) is 0.440. The monoisotopic (exact) mass is 446 g/mol.